The number of hydrogen-bond acceptors (Lipinski definition) is 1. The molecule has 0 spiro atoms. The van der Waals surface area contributed by atoms with Crippen molar-refractivity contribution in [2.24, 2.45) is 0 Å². The van der Waals surface area contributed by atoms with E-state index < -0.39 is 0 Å². The molecule has 0 radical (unpaired) electrons. The molecular weight excluding hydrogens is 124 g/mol. The van der Waals surface area contributed by atoms with Gasteiger partial charge in [0, 0.05) is 5.03 Å². The number of methoxy groups -OCH3 is 1. The molecule has 0 saturated carbocycles. The normalized spacial score (nSPS) is 11.1. The van der Waals surface area contributed by atoms with Crippen molar-refractivity contribution in [3.8, 4) is 0 Å². The maximum absolute atomic E-state index is 5.40. The first-order chi connectivity index (χ1) is 3.66. The molecule has 0 aliphatic heterocycles. The Hall–Kier alpha value is -0.430. The third-order valence-corrected chi connectivity index (χ3v) is 0.791. The van der Waals surface area contributed by atoms with Crippen LogP contribution in [0.2, 0.25) is 0 Å². The first kappa shape index (κ1) is 7.57. The van der Waals surface area contributed by atoms with Crippen LogP contribution in [0.1, 0.15) is 6.92 Å². The highest BCUT2D eigenvalue weighted by Crippen LogP contribution is 2.03. The average Bonchev–Trinajstić information content (AvgIpc) is 1.65. The van der Waals surface area contributed by atoms with E-state index in [-0.39, 0.29) is 0 Å². The molecule has 46 valence electrons. The van der Waals surface area contributed by atoms with Crippen LogP contribution in [0.15, 0.2) is 23.4 Å². The smallest absolute Gasteiger partial charge is 0.0939 e. The molecule has 0 heterocycles. The Bertz CT molecular complexity index is 116. The van der Waals surface area contributed by atoms with Crippen LogP contribution in [-0.4, -0.2) is 7.11 Å². The maximum atomic E-state index is 5.40. The predicted molar refractivity (Wildman–Crippen MR) is 35.8 cm³/mol. The first-order valence-electron chi connectivity index (χ1n) is 2.23. The average molecular weight is 133 g/mol. The molecule has 0 fully saturated rings. The van der Waals surface area contributed by atoms with Crippen LogP contribution >= 0.6 is 11.6 Å². The monoisotopic (exact) mass is 132 g/mol. The molecule has 2 heteroatoms. The summed E-state index contributed by atoms with van der Waals surface area (Å²) in [5.74, 6) is 0.769. The molecule has 0 aliphatic rings. The third-order valence-electron chi connectivity index (χ3n) is 0.682. The zero-order chi connectivity index (χ0) is 6.57. The Kier molecular flexibility index (Phi) is 3.37. The number of ether oxygens (including phenoxy) is 1. The highest BCUT2D eigenvalue weighted by atomic mass is 35.5. The van der Waals surface area contributed by atoms with Gasteiger partial charge in [-0.25, -0.2) is 0 Å². The second-order valence-corrected chi connectivity index (χ2v) is 1.89. The molecule has 0 aromatic heterocycles. The van der Waals surface area contributed by atoms with Crippen molar-refractivity contribution in [3.63, 3.8) is 0 Å². The van der Waals surface area contributed by atoms with Gasteiger partial charge in [0.25, 0.3) is 0 Å². The van der Waals surface area contributed by atoms with E-state index in [2.05, 4.69) is 6.58 Å². The lowest BCUT2D eigenvalue weighted by molar-refractivity contribution is 0.293. The van der Waals surface area contributed by atoms with Gasteiger partial charge in [0.1, 0.15) is 0 Å². The molecule has 8 heavy (non-hydrogen) atoms. The van der Waals surface area contributed by atoms with E-state index in [4.69, 9.17) is 16.3 Å². The van der Waals surface area contributed by atoms with Crippen LogP contribution in [-0.2, 0) is 4.74 Å². The standard InChI is InChI=1S/C6H9ClO/c1-5(7)4-6(2)8-3/h4H,1H2,2-3H3. The topological polar surface area (TPSA) is 9.23 Å². The summed E-state index contributed by atoms with van der Waals surface area (Å²) in [5.41, 5.74) is 0. The van der Waals surface area contributed by atoms with E-state index in [1.54, 1.807) is 13.2 Å². The van der Waals surface area contributed by atoms with Gasteiger partial charge in [-0.2, -0.15) is 0 Å². The van der Waals surface area contributed by atoms with Crippen LogP contribution in [0.3, 0.4) is 0 Å². The summed E-state index contributed by atoms with van der Waals surface area (Å²) in [7, 11) is 1.59. The summed E-state index contributed by atoms with van der Waals surface area (Å²) in [4.78, 5) is 0. The molecule has 0 aromatic rings. The maximum Gasteiger partial charge on any atom is 0.0939 e. The number of allylic oxidation sites excluding steroid dienone is 3. The van der Waals surface area contributed by atoms with E-state index in [9.17, 15) is 0 Å². The SMILES string of the molecule is C=C(Cl)C=C(C)OC. The van der Waals surface area contributed by atoms with Crippen molar-refractivity contribution in [2.75, 3.05) is 7.11 Å². The van der Waals surface area contributed by atoms with Gasteiger partial charge < -0.3 is 4.74 Å². The van der Waals surface area contributed by atoms with Crippen molar-refractivity contribution < 1.29 is 4.74 Å². The number of halogens is 1. The molecule has 0 N–H and O–H groups in total. The Balaban J connectivity index is 3.75. The summed E-state index contributed by atoms with van der Waals surface area (Å²) in [6, 6.07) is 0. The van der Waals surface area contributed by atoms with Gasteiger partial charge in [-0.1, -0.05) is 18.2 Å². The summed E-state index contributed by atoms with van der Waals surface area (Å²) in [5, 5.41) is 0.490. The van der Waals surface area contributed by atoms with E-state index >= 15 is 0 Å². The Morgan fingerprint density at radius 3 is 2.38 bits per heavy atom. The fourth-order valence-electron chi connectivity index (χ4n) is 0.279. The summed E-state index contributed by atoms with van der Waals surface area (Å²) in [6.45, 7) is 5.27. The van der Waals surface area contributed by atoms with Gasteiger partial charge in [-0.05, 0) is 13.0 Å². The van der Waals surface area contributed by atoms with Crippen LogP contribution in [0, 0.1) is 0 Å². The minimum Gasteiger partial charge on any atom is -0.501 e. The van der Waals surface area contributed by atoms with Gasteiger partial charge in [-0.3, -0.25) is 0 Å². The second kappa shape index (κ2) is 3.56. The van der Waals surface area contributed by atoms with Crippen LogP contribution in [0.4, 0.5) is 0 Å². The molecule has 0 rings (SSSR count). The Labute approximate surface area is 54.6 Å². The molecule has 0 amide bonds. The van der Waals surface area contributed by atoms with Crippen LogP contribution in [0.25, 0.3) is 0 Å². The number of rotatable bonds is 2. The predicted octanol–water partition coefficient (Wildman–Crippen LogP) is 2.29. The van der Waals surface area contributed by atoms with Crippen LogP contribution < -0.4 is 0 Å². The third kappa shape index (κ3) is 3.75. The van der Waals surface area contributed by atoms with Gasteiger partial charge in [0.2, 0.25) is 0 Å². The lowest BCUT2D eigenvalue weighted by Gasteiger charge is -1.94. The van der Waals surface area contributed by atoms with E-state index in [0.717, 1.165) is 5.76 Å². The zero-order valence-electron chi connectivity index (χ0n) is 5.07. The molecular formula is C6H9ClO. The molecule has 0 atom stereocenters. The molecule has 1 nitrogen and oxygen atoms in total. The highest BCUT2D eigenvalue weighted by Gasteiger charge is 1.82. The molecule has 0 aliphatic carbocycles. The van der Waals surface area contributed by atoms with Gasteiger partial charge >= 0.3 is 0 Å². The Morgan fingerprint density at radius 2 is 2.25 bits per heavy atom. The summed E-state index contributed by atoms with van der Waals surface area (Å²) in [6.07, 6.45) is 1.65. The first-order valence-corrected chi connectivity index (χ1v) is 2.61. The fraction of sp³-hybridized carbons (Fsp3) is 0.333. The molecule has 0 unspecified atom stereocenters. The van der Waals surface area contributed by atoms with Crippen molar-refractivity contribution in [2.45, 2.75) is 6.92 Å². The zero-order valence-corrected chi connectivity index (χ0v) is 5.83. The van der Waals surface area contributed by atoms with Gasteiger partial charge in [-0.15, -0.1) is 0 Å². The molecule has 0 aromatic carbocycles. The van der Waals surface area contributed by atoms with Crippen molar-refractivity contribution in [1.29, 1.82) is 0 Å². The summed E-state index contributed by atoms with van der Waals surface area (Å²) >= 11 is 5.40. The lowest BCUT2D eigenvalue weighted by atomic mass is 10.5. The lowest BCUT2D eigenvalue weighted by Crippen LogP contribution is -1.76. The number of hydrogen-bond donors (Lipinski definition) is 0. The van der Waals surface area contributed by atoms with E-state index in [0.29, 0.717) is 5.03 Å². The van der Waals surface area contributed by atoms with Crippen molar-refractivity contribution in [1.82, 2.24) is 0 Å². The van der Waals surface area contributed by atoms with Gasteiger partial charge in [0.05, 0.1) is 12.9 Å². The minimum absolute atomic E-state index is 0.490. The van der Waals surface area contributed by atoms with Crippen LogP contribution in [0.5, 0.6) is 0 Å². The molecule has 0 saturated heterocycles. The minimum atomic E-state index is 0.490. The van der Waals surface area contributed by atoms with Gasteiger partial charge in [0.15, 0.2) is 0 Å². The largest absolute Gasteiger partial charge is 0.501 e. The Morgan fingerprint density at radius 1 is 1.75 bits per heavy atom. The van der Waals surface area contributed by atoms with E-state index in [1.807, 2.05) is 6.92 Å². The molecule has 0 bridgehead atoms. The fourth-order valence-corrected chi connectivity index (χ4v) is 0.433. The van der Waals surface area contributed by atoms with E-state index in [1.165, 1.54) is 0 Å². The summed E-state index contributed by atoms with van der Waals surface area (Å²) < 4.78 is 4.78. The second-order valence-electron chi connectivity index (χ2n) is 1.41. The van der Waals surface area contributed by atoms with Crippen molar-refractivity contribution >= 4 is 11.6 Å². The highest BCUT2D eigenvalue weighted by molar-refractivity contribution is 6.30. The van der Waals surface area contributed by atoms with Crippen molar-refractivity contribution in [3.05, 3.63) is 23.4 Å². The quantitative estimate of drug-likeness (QED) is 0.414.